The van der Waals surface area contributed by atoms with Gasteiger partial charge in [0.15, 0.2) is 0 Å². The van der Waals surface area contributed by atoms with E-state index in [0.29, 0.717) is 0 Å². The third kappa shape index (κ3) is 1.80. The Balaban J connectivity index is 2.08. The second-order valence-electron chi connectivity index (χ2n) is 5.95. The fourth-order valence-electron chi connectivity index (χ4n) is 3.76. The highest BCUT2D eigenvalue weighted by Crippen LogP contribution is 2.36. The van der Waals surface area contributed by atoms with Crippen LogP contribution in [-0.4, -0.2) is 20.3 Å². The molecular formula is C19H13AlIN2. The van der Waals surface area contributed by atoms with Gasteiger partial charge < -0.3 is 8.12 Å². The molecular weight excluding hydrogens is 410 g/mol. The van der Waals surface area contributed by atoms with Gasteiger partial charge in [-0.1, -0.05) is 36.4 Å². The van der Waals surface area contributed by atoms with Crippen molar-refractivity contribution < 1.29 is 0 Å². The van der Waals surface area contributed by atoms with Gasteiger partial charge in [-0.25, -0.2) is 0 Å². The number of benzene rings is 3. The third-order valence-electron chi connectivity index (χ3n) is 4.84. The fraction of sp³-hybridized carbons (Fsp3) is 0.0526. The van der Waals surface area contributed by atoms with E-state index in [1.165, 1.54) is 43.6 Å². The summed E-state index contributed by atoms with van der Waals surface area (Å²) in [6, 6.07) is 22.2. The summed E-state index contributed by atoms with van der Waals surface area (Å²) < 4.78 is 4.81. The average Bonchev–Trinajstić information content (AvgIpc) is 3.06. The Morgan fingerprint density at radius 2 is 1.26 bits per heavy atom. The molecule has 0 saturated carbocycles. The van der Waals surface area contributed by atoms with E-state index in [0.717, 1.165) is 0 Å². The van der Waals surface area contributed by atoms with E-state index >= 15 is 0 Å². The van der Waals surface area contributed by atoms with Gasteiger partial charge in [0.05, 0.1) is 0 Å². The first-order valence-electron chi connectivity index (χ1n) is 7.63. The Bertz CT molecular complexity index is 1220. The average molecular weight is 423 g/mol. The molecule has 0 fully saturated rings. The number of fused-ring (bicyclic) bond motifs is 6. The maximum absolute atomic E-state index is 2.53. The van der Waals surface area contributed by atoms with Crippen molar-refractivity contribution in [1.82, 2.24) is 8.12 Å². The van der Waals surface area contributed by atoms with Crippen LogP contribution in [0.15, 0.2) is 60.7 Å². The SMILES string of the molecule is Cn1c2ccccc2c2cc3c(cc21)c1ccccc1[n]3[Al][I]. The number of halogens is 1. The molecule has 2 heterocycles. The number of hydrogen-bond acceptors (Lipinski definition) is 0. The van der Waals surface area contributed by atoms with E-state index in [9.17, 15) is 0 Å². The molecule has 0 unspecified atom stereocenters. The van der Waals surface area contributed by atoms with Gasteiger partial charge in [-0.05, 0) is 24.3 Å². The molecule has 3 aromatic carbocycles. The van der Waals surface area contributed by atoms with E-state index < -0.39 is 0 Å². The first-order chi connectivity index (χ1) is 11.3. The molecule has 0 aliphatic heterocycles. The number of hydrogen-bond donors (Lipinski definition) is 0. The summed E-state index contributed by atoms with van der Waals surface area (Å²) >= 11 is 2.71. The Morgan fingerprint density at radius 3 is 2.00 bits per heavy atom. The van der Waals surface area contributed by atoms with Crippen molar-refractivity contribution in [3.05, 3.63) is 60.7 Å². The second kappa shape index (κ2) is 5.01. The standard InChI is InChI=1S/C19H13N2.Al.HI/c1-21-18-9-5-3-7-13(18)15-10-17-14(11-19(15)21)12-6-2-4-8-16(12)20-17;;/h2-11H,1H3;;1H/q-1;+2;/p-1. The topological polar surface area (TPSA) is 9.86 Å². The number of nitrogens with zero attached hydrogens (tertiary/aromatic N) is 2. The van der Waals surface area contributed by atoms with Gasteiger partial charge in [0.1, 0.15) is 0 Å². The highest BCUT2D eigenvalue weighted by Gasteiger charge is 2.14. The Hall–Kier alpha value is -1.48. The molecule has 109 valence electrons. The van der Waals surface area contributed by atoms with Crippen molar-refractivity contribution in [2.24, 2.45) is 7.05 Å². The van der Waals surface area contributed by atoms with Crippen LogP contribution in [0, 0.1) is 0 Å². The lowest BCUT2D eigenvalue weighted by molar-refractivity contribution is 1.02. The van der Waals surface area contributed by atoms with Crippen LogP contribution in [0.3, 0.4) is 0 Å². The zero-order chi connectivity index (χ0) is 15.6. The normalized spacial score (nSPS) is 11.9. The molecule has 1 radical (unpaired) electrons. The smallest absolute Gasteiger partial charge is 0.431 e. The Morgan fingerprint density at radius 1 is 0.696 bits per heavy atom. The van der Waals surface area contributed by atoms with Gasteiger partial charge in [0.2, 0.25) is 0 Å². The fourth-order valence-corrected chi connectivity index (χ4v) is 6.20. The molecule has 0 saturated heterocycles. The molecule has 0 aliphatic carbocycles. The van der Waals surface area contributed by atoms with Crippen LogP contribution in [0.5, 0.6) is 0 Å². The van der Waals surface area contributed by atoms with E-state index in [4.69, 9.17) is 0 Å². The molecule has 0 atom stereocenters. The van der Waals surface area contributed by atoms with Crippen LogP contribution in [0.2, 0.25) is 0 Å². The summed E-state index contributed by atoms with van der Waals surface area (Å²) in [4.78, 5) is 0. The van der Waals surface area contributed by atoms with Crippen molar-refractivity contribution in [3.63, 3.8) is 0 Å². The summed E-state index contributed by atoms with van der Waals surface area (Å²) in [5, 5.41) is 5.41. The summed E-state index contributed by atoms with van der Waals surface area (Å²) in [5.41, 5.74) is 5.32. The largest absolute Gasteiger partial charge is 0.478 e. The first-order valence-corrected chi connectivity index (χ1v) is 12.3. The van der Waals surface area contributed by atoms with Crippen LogP contribution in [0.25, 0.3) is 43.6 Å². The van der Waals surface area contributed by atoms with Crippen LogP contribution in [0.1, 0.15) is 0 Å². The lowest BCUT2D eigenvalue weighted by Crippen LogP contribution is -1.97. The van der Waals surface area contributed by atoms with Gasteiger partial charge in [-0.2, -0.15) is 20.3 Å². The van der Waals surface area contributed by atoms with Crippen molar-refractivity contribution in [2.45, 2.75) is 0 Å². The summed E-state index contributed by atoms with van der Waals surface area (Å²) in [7, 11) is 2.17. The third-order valence-corrected chi connectivity index (χ3v) is 7.26. The van der Waals surface area contributed by atoms with Gasteiger partial charge in [0, 0.05) is 50.7 Å². The number of aryl methyl sites for hydroxylation is 1. The van der Waals surface area contributed by atoms with Gasteiger partial charge in [-0.15, -0.1) is 0 Å². The van der Waals surface area contributed by atoms with E-state index in [1.54, 1.807) is 0 Å². The van der Waals surface area contributed by atoms with Crippen molar-refractivity contribution in [3.8, 4) is 0 Å². The predicted octanol–water partition coefficient (Wildman–Crippen LogP) is 5.26. The van der Waals surface area contributed by atoms with Crippen molar-refractivity contribution in [2.75, 3.05) is 0 Å². The number of para-hydroxylation sites is 2. The monoisotopic (exact) mass is 423 g/mol. The molecule has 2 aromatic heterocycles. The minimum absolute atomic E-state index is 0.178. The lowest BCUT2D eigenvalue weighted by atomic mass is 10.1. The Kier molecular flexibility index (Phi) is 3.03. The van der Waals surface area contributed by atoms with E-state index in [2.05, 4.69) is 96.1 Å². The molecule has 0 spiro atoms. The zero-order valence-corrected chi connectivity index (χ0v) is 15.9. The van der Waals surface area contributed by atoms with Crippen molar-refractivity contribution >= 4 is 76.0 Å². The summed E-state index contributed by atoms with van der Waals surface area (Å²) in [5.74, 6) is 0. The maximum atomic E-state index is 2.53. The molecule has 0 N–H and O–H groups in total. The number of aromatic nitrogens is 2. The molecule has 0 aliphatic rings. The molecule has 5 rings (SSSR count). The Labute approximate surface area is 151 Å². The quantitative estimate of drug-likeness (QED) is 0.257. The van der Waals surface area contributed by atoms with E-state index in [1.807, 2.05) is 0 Å². The minimum atomic E-state index is 0.178. The van der Waals surface area contributed by atoms with Gasteiger partial charge in [-0.3, -0.25) is 0 Å². The molecule has 5 aromatic rings. The predicted molar refractivity (Wildman–Crippen MR) is 109 cm³/mol. The minimum Gasteiger partial charge on any atom is -0.431 e. The first kappa shape index (κ1) is 13.9. The van der Waals surface area contributed by atoms with Gasteiger partial charge in [0.25, 0.3) is 0 Å². The molecule has 4 heteroatoms. The van der Waals surface area contributed by atoms with Crippen LogP contribution >= 0.6 is 20.3 Å². The summed E-state index contributed by atoms with van der Waals surface area (Å²) in [6.45, 7) is 0. The highest BCUT2D eigenvalue weighted by atomic mass is 127. The molecule has 0 amide bonds. The maximum Gasteiger partial charge on any atom is 0.478 e. The van der Waals surface area contributed by atoms with Crippen LogP contribution < -0.4 is 0 Å². The summed E-state index contributed by atoms with van der Waals surface area (Å²) in [6.07, 6.45) is 0. The van der Waals surface area contributed by atoms with Crippen LogP contribution in [0.4, 0.5) is 0 Å². The van der Waals surface area contributed by atoms with Crippen LogP contribution in [-0.2, 0) is 7.05 Å². The lowest BCUT2D eigenvalue weighted by Gasteiger charge is -2.02. The second-order valence-corrected chi connectivity index (χ2v) is 8.33. The molecule has 2 nitrogen and oxygen atoms in total. The zero-order valence-electron chi connectivity index (χ0n) is 12.6. The van der Waals surface area contributed by atoms with Gasteiger partial charge >= 0.3 is 12.2 Å². The number of rotatable bonds is 1. The molecule has 23 heavy (non-hydrogen) atoms. The van der Waals surface area contributed by atoms with E-state index in [-0.39, 0.29) is 12.2 Å². The molecule has 0 bridgehead atoms. The van der Waals surface area contributed by atoms with Crippen molar-refractivity contribution in [1.29, 1.82) is 0 Å². The highest BCUT2D eigenvalue weighted by molar-refractivity contribution is 14.1.